The molecule has 0 saturated carbocycles. The lowest BCUT2D eigenvalue weighted by Gasteiger charge is -2.23. The van der Waals surface area contributed by atoms with Crippen LogP contribution in [-0.2, 0) is 6.42 Å². The quantitative estimate of drug-likeness (QED) is 0.185. The molecule has 0 fully saturated rings. The summed E-state index contributed by atoms with van der Waals surface area (Å²) >= 11 is 0. The minimum atomic E-state index is 0.00764. The molecule has 3 nitrogen and oxygen atoms in total. The Kier molecular flexibility index (Phi) is 6.62. The number of para-hydroxylation sites is 2. The molecular weight excluding hydrogens is 657 g/mol. The topological polar surface area (TPSA) is 34.9 Å². The van der Waals surface area contributed by atoms with Crippen molar-refractivity contribution in [3.8, 4) is 27.9 Å². The van der Waals surface area contributed by atoms with E-state index in [2.05, 4.69) is 145 Å². The Balaban J connectivity index is 1.05. The van der Waals surface area contributed by atoms with Gasteiger partial charge in [0.2, 0.25) is 0 Å². The van der Waals surface area contributed by atoms with E-state index in [1.165, 1.54) is 60.8 Å². The molecule has 6 aromatic carbocycles. The fraction of sp³-hybridized carbons (Fsp3) is 0.0196. The van der Waals surface area contributed by atoms with Gasteiger partial charge < -0.3 is 4.57 Å². The average molecular weight is 689 g/mol. The maximum absolute atomic E-state index is 13.7. The second-order valence-electron chi connectivity index (χ2n) is 14.3. The van der Waals surface area contributed by atoms with Gasteiger partial charge in [0, 0.05) is 37.7 Å². The first-order chi connectivity index (χ1) is 26.6. The Morgan fingerprint density at radius 3 is 2.13 bits per heavy atom. The fourth-order valence-corrected chi connectivity index (χ4v) is 8.82. The molecule has 0 atom stereocenters. The van der Waals surface area contributed by atoms with Crippen LogP contribution in [0.25, 0.3) is 89.7 Å². The first kappa shape index (κ1) is 30.5. The van der Waals surface area contributed by atoms with Gasteiger partial charge in [0.15, 0.2) is 5.43 Å². The van der Waals surface area contributed by atoms with E-state index in [0.29, 0.717) is 10.6 Å². The molecule has 54 heavy (non-hydrogen) atoms. The Morgan fingerprint density at radius 2 is 1.26 bits per heavy atom. The molecule has 0 aliphatic heterocycles. The smallest absolute Gasteiger partial charge is 0.194 e. The lowest BCUT2D eigenvalue weighted by Crippen LogP contribution is -2.14. The number of rotatable bonds is 3. The van der Waals surface area contributed by atoms with E-state index in [4.69, 9.17) is 4.98 Å². The number of hydrogen-bond donors (Lipinski definition) is 0. The highest BCUT2D eigenvalue weighted by Crippen LogP contribution is 2.43. The minimum absolute atomic E-state index is 0.00764. The Labute approximate surface area is 311 Å². The normalized spacial score (nSPS) is 13.3. The molecule has 3 heteroatoms. The highest BCUT2D eigenvalue weighted by molar-refractivity contribution is 6.10. The van der Waals surface area contributed by atoms with Gasteiger partial charge in [-0.15, -0.1) is 0 Å². The van der Waals surface area contributed by atoms with Gasteiger partial charge in [0.05, 0.1) is 22.2 Å². The van der Waals surface area contributed by atoms with Gasteiger partial charge in [-0.25, -0.2) is 4.98 Å². The standard InChI is InChI=1S/C51H32N2O/c1-31-12-11-13-35-27-37(52-50-42-19-7-8-20-43(42)51(54)48(31)49(35)50)28-36-26-34-23-22-32(29-44(34)40-17-6-5-16-39(36)40)33-24-25-47-45(30-33)41-18-9-10-21-46(41)53(47)38-14-3-2-4-15-38/h2-25,27-30H,1,26H2/b36-28-. The van der Waals surface area contributed by atoms with E-state index < -0.39 is 0 Å². The first-order valence-electron chi connectivity index (χ1n) is 18.4. The van der Waals surface area contributed by atoms with Crippen LogP contribution < -0.4 is 10.6 Å². The third-order valence-corrected chi connectivity index (χ3v) is 11.3. The Bertz CT molecular complexity index is 3400. The predicted octanol–water partition coefficient (Wildman–Crippen LogP) is 11.1. The maximum Gasteiger partial charge on any atom is 0.194 e. The SMILES string of the molecule is C=c1cccc2cc(/C=C3/Cc4ccc(-c5ccc6c(c5)c5ccccc5n6-c5ccccc5)cc4-c4ccccc43)nc3c2=c1c(=O)c1ccccc13. The number of hydrogen-bond acceptors (Lipinski definition) is 2. The highest BCUT2D eigenvalue weighted by atomic mass is 16.1. The minimum Gasteiger partial charge on any atom is -0.309 e. The van der Waals surface area contributed by atoms with Crippen LogP contribution >= 0.6 is 0 Å². The Hall–Kier alpha value is -7.10. The van der Waals surface area contributed by atoms with Crippen molar-refractivity contribution in [1.29, 1.82) is 0 Å². The summed E-state index contributed by atoms with van der Waals surface area (Å²) in [5.74, 6) is 0. The summed E-state index contributed by atoms with van der Waals surface area (Å²) in [6.45, 7) is 4.24. The number of pyridine rings is 1. The number of fused-ring (bicyclic) bond motifs is 8. The van der Waals surface area contributed by atoms with E-state index in [1.54, 1.807) is 0 Å². The van der Waals surface area contributed by atoms with Crippen molar-refractivity contribution in [3.63, 3.8) is 0 Å². The third kappa shape index (κ3) is 4.55. The summed E-state index contributed by atoms with van der Waals surface area (Å²) < 4.78 is 2.36. The number of nitrogens with zero attached hydrogens (tertiary/aromatic N) is 2. The van der Waals surface area contributed by atoms with E-state index in [-0.39, 0.29) is 5.43 Å². The van der Waals surface area contributed by atoms with Crippen LogP contribution in [0.1, 0.15) is 16.8 Å². The van der Waals surface area contributed by atoms with Crippen LogP contribution in [0.15, 0.2) is 169 Å². The summed E-state index contributed by atoms with van der Waals surface area (Å²) in [5, 5.41) is 7.26. The molecule has 0 saturated heterocycles. The largest absolute Gasteiger partial charge is 0.309 e. The molecule has 0 bridgehead atoms. The molecular formula is C51H32N2O. The van der Waals surface area contributed by atoms with E-state index in [9.17, 15) is 4.79 Å². The van der Waals surface area contributed by atoms with E-state index >= 15 is 0 Å². The summed E-state index contributed by atoms with van der Waals surface area (Å²) in [4.78, 5) is 19.0. The number of aromatic nitrogens is 2. The molecule has 0 radical (unpaired) electrons. The summed E-state index contributed by atoms with van der Waals surface area (Å²) in [6.07, 6.45) is 3.02. The zero-order chi connectivity index (χ0) is 35.9. The third-order valence-electron chi connectivity index (χ3n) is 11.3. The van der Waals surface area contributed by atoms with Crippen LogP contribution in [0.3, 0.4) is 0 Å². The van der Waals surface area contributed by atoms with Crippen LogP contribution in [0.4, 0.5) is 0 Å². The molecule has 3 aliphatic carbocycles. The lowest BCUT2D eigenvalue weighted by molar-refractivity contribution is 1.18. The van der Waals surface area contributed by atoms with E-state index in [1.807, 2.05) is 36.4 Å². The molecule has 8 aromatic rings. The van der Waals surface area contributed by atoms with Gasteiger partial charge >= 0.3 is 0 Å². The molecule has 252 valence electrons. The second kappa shape index (κ2) is 11.7. The summed E-state index contributed by atoms with van der Waals surface area (Å²) in [6, 6.07) is 57.7. The summed E-state index contributed by atoms with van der Waals surface area (Å²) in [7, 11) is 0. The van der Waals surface area contributed by atoms with Crippen LogP contribution in [0, 0.1) is 10.4 Å². The first-order valence-corrected chi connectivity index (χ1v) is 18.4. The molecule has 3 aliphatic rings. The predicted molar refractivity (Wildman–Crippen MR) is 225 cm³/mol. The molecule has 0 N–H and O–H groups in total. The van der Waals surface area contributed by atoms with Gasteiger partial charge in [-0.1, -0.05) is 128 Å². The zero-order valence-corrected chi connectivity index (χ0v) is 29.4. The molecule has 0 amide bonds. The second-order valence-corrected chi connectivity index (χ2v) is 14.3. The van der Waals surface area contributed by atoms with Gasteiger partial charge in [-0.05, 0) is 105 Å². The summed E-state index contributed by atoms with van der Waals surface area (Å²) in [5.41, 5.74) is 13.9. The molecule has 0 unspecified atom stereocenters. The van der Waals surface area contributed by atoms with Crippen molar-refractivity contribution in [2.24, 2.45) is 0 Å². The van der Waals surface area contributed by atoms with Crippen LogP contribution in [0.2, 0.25) is 0 Å². The van der Waals surface area contributed by atoms with Gasteiger partial charge in [0.1, 0.15) is 0 Å². The molecule has 11 rings (SSSR count). The van der Waals surface area contributed by atoms with Crippen molar-refractivity contribution in [3.05, 3.63) is 206 Å². The monoisotopic (exact) mass is 688 g/mol. The average Bonchev–Trinajstić information content (AvgIpc) is 3.45. The number of benzene rings is 6. The Morgan fingerprint density at radius 1 is 0.556 bits per heavy atom. The maximum atomic E-state index is 13.7. The van der Waals surface area contributed by atoms with Crippen molar-refractivity contribution in [1.82, 2.24) is 9.55 Å². The molecule has 2 aromatic heterocycles. The van der Waals surface area contributed by atoms with Gasteiger partial charge in [-0.3, -0.25) is 4.79 Å². The van der Waals surface area contributed by atoms with E-state index in [0.717, 1.165) is 44.5 Å². The van der Waals surface area contributed by atoms with Crippen LogP contribution in [0.5, 0.6) is 0 Å². The van der Waals surface area contributed by atoms with Gasteiger partial charge in [0.25, 0.3) is 0 Å². The molecule has 2 heterocycles. The van der Waals surface area contributed by atoms with Crippen molar-refractivity contribution in [2.45, 2.75) is 6.42 Å². The van der Waals surface area contributed by atoms with Crippen molar-refractivity contribution in [2.75, 3.05) is 0 Å². The fourth-order valence-electron chi connectivity index (χ4n) is 8.82. The van der Waals surface area contributed by atoms with Crippen molar-refractivity contribution < 1.29 is 0 Å². The highest BCUT2D eigenvalue weighted by Gasteiger charge is 2.22. The van der Waals surface area contributed by atoms with Gasteiger partial charge in [-0.2, -0.15) is 0 Å². The zero-order valence-electron chi connectivity index (χ0n) is 29.4. The van der Waals surface area contributed by atoms with Crippen LogP contribution in [-0.4, -0.2) is 9.55 Å². The lowest BCUT2D eigenvalue weighted by atomic mass is 9.80. The number of allylic oxidation sites excluding steroid dienone is 1. The van der Waals surface area contributed by atoms with Crippen molar-refractivity contribution >= 4 is 61.7 Å². The molecule has 0 spiro atoms.